The van der Waals surface area contributed by atoms with E-state index in [1.54, 1.807) is 0 Å². The second-order valence-corrected chi connectivity index (χ2v) is 2.95. The molecule has 4 heteroatoms. The van der Waals surface area contributed by atoms with Crippen LogP contribution in [0.15, 0.2) is 0 Å². The first kappa shape index (κ1) is 9.19. The van der Waals surface area contributed by atoms with Crippen molar-refractivity contribution in [1.82, 2.24) is 4.90 Å². The topological polar surface area (TPSA) is 57.6 Å². The zero-order valence-corrected chi connectivity index (χ0v) is 6.82. The van der Waals surface area contributed by atoms with E-state index in [9.17, 15) is 9.59 Å². The predicted molar refractivity (Wildman–Crippen MR) is 42.1 cm³/mol. The first-order valence-electron chi connectivity index (χ1n) is 4.04. The highest BCUT2D eigenvalue weighted by Gasteiger charge is 2.22. The van der Waals surface area contributed by atoms with E-state index in [4.69, 9.17) is 5.11 Å². The molecule has 1 amide bonds. The number of hydrogen-bond acceptors (Lipinski definition) is 3. The number of nitrogens with zero attached hydrogens (tertiary/aromatic N) is 1. The SMILES string of the molecule is O=[C]C1CCCN(C(=O)CO)C1. The maximum absolute atomic E-state index is 11.0. The Morgan fingerprint density at radius 1 is 1.67 bits per heavy atom. The molecular formula is C8H12NO3. The monoisotopic (exact) mass is 170 g/mol. The van der Waals surface area contributed by atoms with Gasteiger partial charge in [-0.3, -0.25) is 9.59 Å². The van der Waals surface area contributed by atoms with E-state index in [0.29, 0.717) is 13.1 Å². The Labute approximate surface area is 71.2 Å². The van der Waals surface area contributed by atoms with E-state index in [0.717, 1.165) is 12.8 Å². The molecule has 4 nitrogen and oxygen atoms in total. The van der Waals surface area contributed by atoms with Gasteiger partial charge in [0, 0.05) is 19.0 Å². The molecule has 67 valence electrons. The molecule has 0 spiro atoms. The summed E-state index contributed by atoms with van der Waals surface area (Å²) in [4.78, 5) is 22.8. The van der Waals surface area contributed by atoms with Crippen LogP contribution in [0.25, 0.3) is 0 Å². The molecule has 1 N–H and O–H groups in total. The minimum atomic E-state index is -0.467. The molecule has 0 aliphatic carbocycles. The summed E-state index contributed by atoms with van der Waals surface area (Å²) < 4.78 is 0. The summed E-state index contributed by atoms with van der Waals surface area (Å²) in [5.41, 5.74) is 0. The Kier molecular flexibility index (Phi) is 3.22. The summed E-state index contributed by atoms with van der Waals surface area (Å²) in [7, 11) is 0. The smallest absolute Gasteiger partial charge is 0.248 e. The average Bonchev–Trinajstić information content (AvgIpc) is 2.17. The van der Waals surface area contributed by atoms with Crippen molar-refractivity contribution in [2.75, 3.05) is 19.7 Å². The number of likely N-dealkylation sites (tertiary alicyclic amines) is 1. The molecule has 0 aromatic heterocycles. The summed E-state index contributed by atoms with van der Waals surface area (Å²) in [6.07, 6.45) is 3.52. The highest BCUT2D eigenvalue weighted by atomic mass is 16.3. The van der Waals surface area contributed by atoms with Gasteiger partial charge in [0.2, 0.25) is 12.2 Å². The number of rotatable bonds is 2. The third-order valence-electron chi connectivity index (χ3n) is 2.08. The summed E-state index contributed by atoms with van der Waals surface area (Å²) in [5, 5.41) is 8.56. The lowest BCUT2D eigenvalue weighted by Crippen LogP contribution is -2.41. The second-order valence-electron chi connectivity index (χ2n) is 2.95. The van der Waals surface area contributed by atoms with Crippen molar-refractivity contribution < 1.29 is 14.7 Å². The van der Waals surface area contributed by atoms with Crippen LogP contribution in [0.4, 0.5) is 0 Å². The standard InChI is InChI=1S/C8H12NO3/c10-5-7-2-1-3-9(4-7)8(12)6-11/h7,11H,1-4,6H2. The average molecular weight is 170 g/mol. The van der Waals surface area contributed by atoms with Gasteiger partial charge in [-0.15, -0.1) is 0 Å². The maximum Gasteiger partial charge on any atom is 0.248 e. The van der Waals surface area contributed by atoms with Crippen molar-refractivity contribution in [2.24, 2.45) is 5.92 Å². The Bertz CT molecular complexity index is 181. The van der Waals surface area contributed by atoms with E-state index in [2.05, 4.69) is 0 Å². The van der Waals surface area contributed by atoms with Crippen LogP contribution in [0.1, 0.15) is 12.8 Å². The van der Waals surface area contributed by atoms with Gasteiger partial charge in [-0.2, -0.15) is 0 Å². The van der Waals surface area contributed by atoms with Crippen LogP contribution in [0.3, 0.4) is 0 Å². The molecule has 1 fully saturated rings. The number of aliphatic hydroxyl groups excluding tert-OH is 1. The number of piperidine rings is 1. The lowest BCUT2D eigenvalue weighted by atomic mass is 10.00. The van der Waals surface area contributed by atoms with Crippen molar-refractivity contribution in [3.05, 3.63) is 0 Å². The van der Waals surface area contributed by atoms with E-state index in [-0.39, 0.29) is 11.8 Å². The lowest BCUT2D eigenvalue weighted by Gasteiger charge is -2.29. The van der Waals surface area contributed by atoms with Gasteiger partial charge < -0.3 is 10.0 Å². The number of hydrogen-bond donors (Lipinski definition) is 1. The van der Waals surface area contributed by atoms with Crippen LogP contribution in [0.5, 0.6) is 0 Å². The van der Waals surface area contributed by atoms with Gasteiger partial charge in [0.15, 0.2) is 0 Å². The van der Waals surface area contributed by atoms with Crippen molar-refractivity contribution in [3.63, 3.8) is 0 Å². The zero-order chi connectivity index (χ0) is 8.97. The highest BCUT2D eigenvalue weighted by molar-refractivity contribution is 5.77. The van der Waals surface area contributed by atoms with Crippen LogP contribution < -0.4 is 0 Å². The fourth-order valence-corrected chi connectivity index (χ4v) is 1.40. The van der Waals surface area contributed by atoms with Gasteiger partial charge in [-0.1, -0.05) is 0 Å². The summed E-state index contributed by atoms with van der Waals surface area (Å²) in [5.74, 6) is -0.454. The van der Waals surface area contributed by atoms with Gasteiger partial charge >= 0.3 is 0 Å². The van der Waals surface area contributed by atoms with Crippen molar-refractivity contribution in [1.29, 1.82) is 0 Å². The van der Waals surface area contributed by atoms with Crippen molar-refractivity contribution in [3.8, 4) is 0 Å². The third kappa shape index (κ3) is 2.04. The van der Waals surface area contributed by atoms with E-state index >= 15 is 0 Å². The van der Waals surface area contributed by atoms with Crippen LogP contribution >= 0.6 is 0 Å². The Morgan fingerprint density at radius 3 is 3.00 bits per heavy atom. The Hall–Kier alpha value is -0.900. The zero-order valence-electron chi connectivity index (χ0n) is 6.82. The molecule has 1 unspecified atom stereocenters. The molecule has 1 aliphatic rings. The molecule has 1 radical (unpaired) electrons. The fraction of sp³-hybridized carbons (Fsp3) is 0.750. The molecule has 0 aromatic carbocycles. The molecule has 0 bridgehead atoms. The largest absolute Gasteiger partial charge is 0.387 e. The van der Waals surface area contributed by atoms with Crippen molar-refractivity contribution >= 4 is 12.2 Å². The van der Waals surface area contributed by atoms with Gasteiger partial charge in [0.1, 0.15) is 6.61 Å². The van der Waals surface area contributed by atoms with Crippen LogP contribution in [0.2, 0.25) is 0 Å². The molecule has 0 saturated carbocycles. The van der Waals surface area contributed by atoms with E-state index in [1.807, 2.05) is 6.29 Å². The van der Waals surface area contributed by atoms with E-state index < -0.39 is 6.61 Å². The van der Waals surface area contributed by atoms with Crippen LogP contribution in [0, 0.1) is 5.92 Å². The van der Waals surface area contributed by atoms with Gasteiger partial charge in [-0.05, 0) is 12.8 Å². The number of carbonyl (C=O) groups excluding carboxylic acids is 2. The second kappa shape index (κ2) is 4.21. The minimum Gasteiger partial charge on any atom is -0.387 e. The summed E-state index contributed by atoms with van der Waals surface area (Å²) in [6.45, 7) is 0.603. The first-order valence-corrected chi connectivity index (χ1v) is 4.04. The molecular weight excluding hydrogens is 158 g/mol. The Morgan fingerprint density at radius 2 is 2.42 bits per heavy atom. The molecule has 12 heavy (non-hydrogen) atoms. The number of carbonyl (C=O) groups is 1. The van der Waals surface area contributed by atoms with Crippen LogP contribution in [-0.2, 0) is 9.59 Å². The first-order chi connectivity index (χ1) is 5.77. The highest BCUT2D eigenvalue weighted by Crippen LogP contribution is 2.13. The van der Waals surface area contributed by atoms with Gasteiger partial charge in [0.25, 0.3) is 0 Å². The molecule has 1 atom stereocenters. The summed E-state index contributed by atoms with van der Waals surface area (Å²) >= 11 is 0. The van der Waals surface area contributed by atoms with Gasteiger partial charge in [-0.25, -0.2) is 0 Å². The minimum absolute atomic E-state index is 0.158. The molecule has 1 rings (SSSR count). The Balaban J connectivity index is 2.45. The normalized spacial score (nSPS) is 23.8. The molecule has 0 aromatic rings. The fourth-order valence-electron chi connectivity index (χ4n) is 1.40. The van der Waals surface area contributed by atoms with Crippen molar-refractivity contribution in [2.45, 2.75) is 12.8 Å². The molecule has 1 saturated heterocycles. The summed E-state index contributed by atoms with van der Waals surface area (Å²) in [6, 6.07) is 0. The quantitative estimate of drug-likeness (QED) is 0.597. The lowest BCUT2D eigenvalue weighted by molar-refractivity contribution is -0.135. The number of aliphatic hydroxyl groups is 1. The van der Waals surface area contributed by atoms with Crippen LogP contribution in [-0.4, -0.2) is 41.9 Å². The predicted octanol–water partition coefficient (Wildman–Crippen LogP) is -0.673. The molecule has 1 aliphatic heterocycles. The van der Waals surface area contributed by atoms with Gasteiger partial charge in [0.05, 0.1) is 0 Å². The maximum atomic E-state index is 11.0. The third-order valence-corrected chi connectivity index (χ3v) is 2.08. The number of amides is 1. The van der Waals surface area contributed by atoms with E-state index in [1.165, 1.54) is 4.90 Å². The molecule has 1 heterocycles.